The molecule has 0 saturated carbocycles. The molecule has 23 heavy (non-hydrogen) atoms. The van der Waals surface area contributed by atoms with Gasteiger partial charge in [0, 0.05) is 24.0 Å². The summed E-state index contributed by atoms with van der Waals surface area (Å²) in [4.78, 5) is 8.68. The summed E-state index contributed by atoms with van der Waals surface area (Å²) in [5.41, 5.74) is 3.88. The second kappa shape index (κ2) is 6.56. The Hall–Kier alpha value is -2.76. The molecule has 3 aromatic rings. The summed E-state index contributed by atoms with van der Waals surface area (Å²) < 4.78 is 6.94. The highest BCUT2D eigenvalue weighted by Gasteiger charge is 2.16. The summed E-state index contributed by atoms with van der Waals surface area (Å²) in [7, 11) is 1.60. The average Bonchev–Trinajstić information content (AvgIpc) is 3.05. The highest BCUT2D eigenvalue weighted by atomic mass is 16.5. The molecule has 0 aromatic carbocycles. The van der Waals surface area contributed by atoms with Crippen molar-refractivity contribution in [2.75, 3.05) is 7.11 Å². The van der Waals surface area contributed by atoms with Gasteiger partial charge in [0.05, 0.1) is 25.0 Å². The maximum absolute atomic E-state index is 5.07. The smallest absolute Gasteiger partial charge is 0.212 e. The second-order valence-electron chi connectivity index (χ2n) is 5.36. The van der Waals surface area contributed by atoms with Crippen molar-refractivity contribution in [3.8, 4) is 17.1 Å². The molecule has 0 aliphatic carbocycles. The fourth-order valence-corrected chi connectivity index (χ4v) is 2.49. The molecule has 0 aliphatic rings. The van der Waals surface area contributed by atoms with Gasteiger partial charge in [-0.05, 0) is 37.1 Å². The van der Waals surface area contributed by atoms with Crippen molar-refractivity contribution < 1.29 is 4.74 Å². The minimum atomic E-state index is 0.0716. The number of nitrogens with zero attached hydrogens (tertiary/aromatic N) is 5. The summed E-state index contributed by atoms with van der Waals surface area (Å²) in [6.07, 6.45) is 6.39. The van der Waals surface area contributed by atoms with Crippen molar-refractivity contribution in [2.24, 2.45) is 0 Å². The van der Waals surface area contributed by atoms with Crippen LogP contribution in [-0.2, 0) is 0 Å². The van der Waals surface area contributed by atoms with E-state index < -0.39 is 0 Å². The molecule has 3 rings (SSSR count). The predicted molar refractivity (Wildman–Crippen MR) is 87.2 cm³/mol. The van der Waals surface area contributed by atoms with E-state index in [1.807, 2.05) is 35.3 Å². The lowest BCUT2D eigenvalue weighted by Crippen LogP contribution is -2.12. The summed E-state index contributed by atoms with van der Waals surface area (Å²) in [6.45, 7) is 4.18. The standard InChI is InChI=1S/C17H19N5O/c1-4-16(14-9-12(2)7-8-18-14)22-11-15(20-21-22)13-5-6-17(23-3)19-10-13/h5-11,16H,4H2,1-3H3/t16-/m0/s1. The Morgan fingerprint density at radius 1 is 1.22 bits per heavy atom. The zero-order valence-corrected chi connectivity index (χ0v) is 13.5. The molecule has 0 radical (unpaired) electrons. The van der Waals surface area contributed by atoms with Crippen LogP contribution < -0.4 is 4.74 Å². The van der Waals surface area contributed by atoms with E-state index in [9.17, 15) is 0 Å². The van der Waals surface area contributed by atoms with E-state index in [-0.39, 0.29) is 6.04 Å². The lowest BCUT2D eigenvalue weighted by molar-refractivity contribution is 0.398. The number of hydrogen-bond acceptors (Lipinski definition) is 5. The Balaban J connectivity index is 1.90. The highest BCUT2D eigenvalue weighted by molar-refractivity contribution is 5.56. The summed E-state index contributed by atoms with van der Waals surface area (Å²) >= 11 is 0. The molecular weight excluding hydrogens is 290 g/mol. The third-order valence-corrected chi connectivity index (χ3v) is 3.74. The quantitative estimate of drug-likeness (QED) is 0.724. The van der Waals surface area contributed by atoms with E-state index >= 15 is 0 Å². The van der Waals surface area contributed by atoms with Gasteiger partial charge in [0.2, 0.25) is 5.88 Å². The Morgan fingerprint density at radius 3 is 2.74 bits per heavy atom. The van der Waals surface area contributed by atoms with E-state index in [4.69, 9.17) is 4.74 Å². The Labute approximate surface area is 135 Å². The molecule has 118 valence electrons. The van der Waals surface area contributed by atoms with Crippen LogP contribution >= 0.6 is 0 Å². The lowest BCUT2D eigenvalue weighted by atomic mass is 10.1. The van der Waals surface area contributed by atoms with Gasteiger partial charge in [-0.25, -0.2) is 9.67 Å². The molecule has 0 fully saturated rings. The number of pyridine rings is 2. The lowest BCUT2D eigenvalue weighted by Gasteiger charge is -2.14. The van der Waals surface area contributed by atoms with Crippen LogP contribution in [0.3, 0.4) is 0 Å². The van der Waals surface area contributed by atoms with Crippen LogP contribution in [0.4, 0.5) is 0 Å². The number of ether oxygens (including phenoxy) is 1. The van der Waals surface area contributed by atoms with Gasteiger partial charge in [0.15, 0.2) is 0 Å². The molecule has 6 heteroatoms. The minimum absolute atomic E-state index is 0.0716. The van der Waals surface area contributed by atoms with E-state index in [2.05, 4.69) is 40.2 Å². The number of aryl methyl sites for hydroxylation is 1. The topological polar surface area (TPSA) is 65.7 Å². The van der Waals surface area contributed by atoms with Crippen LogP contribution in [0.15, 0.2) is 42.9 Å². The first-order valence-electron chi connectivity index (χ1n) is 7.56. The van der Waals surface area contributed by atoms with Crippen molar-refractivity contribution in [2.45, 2.75) is 26.3 Å². The molecule has 0 N–H and O–H groups in total. The Morgan fingerprint density at radius 2 is 2.09 bits per heavy atom. The Kier molecular flexibility index (Phi) is 4.32. The summed E-state index contributed by atoms with van der Waals surface area (Å²) in [6, 6.07) is 7.89. The number of rotatable bonds is 5. The maximum Gasteiger partial charge on any atom is 0.212 e. The molecule has 3 heterocycles. The molecule has 1 atom stereocenters. The van der Waals surface area contributed by atoms with Crippen LogP contribution in [-0.4, -0.2) is 32.1 Å². The normalized spacial score (nSPS) is 12.1. The molecule has 0 aliphatic heterocycles. The molecule has 6 nitrogen and oxygen atoms in total. The van der Waals surface area contributed by atoms with Crippen LogP contribution in [0.1, 0.15) is 30.6 Å². The van der Waals surface area contributed by atoms with Crippen molar-refractivity contribution in [3.63, 3.8) is 0 Å². The minimum Gasteiger partial charge on any atom is -0.481 e. The van der Waals surface area contributed by atoms with Crippen molar-refractivity contribution in [1.82, 2.24) is 25.0 Å². The fourth-order valence-electron chi connectivity index (χ4n) is 2.49. The van der Waals surface area contributed by atoms with Gasteiger partial charge in [0.25, 0.3) is 0 Å². The van der Waals surface area contributed by atoms with Crippen molar-refractivity contribution in [3.05, 3.63) is 54.1 Å². The SMILES string of the molecule is CC[C@@H](c1cc(C)ccn1)n1cc(-c2ccc(OC)nc2)nn1. The largest absolute Gasteiger partial charge is 0.481 e. The predicted octanol–water partition coefficient (Wildman–Crippen LogP) is 3.05. The fraction of sp³-hybridized carbons (Fsp3) is 0.294. The first-order valence-corrected chi connectivity index (χ1v) is 7.56. The number of hydrogen-bond donors (Lipinski definition) is 0. The van der Waals surface area contributed by atoms with Gasteiger partial charge < -0.3 is 4.74 Å². The van der Waals surface area contributed by atoms with E-state index in [0.717, 1.165) is 23.4 Å². The molecule has 0 unspecified atom stereocenters. The van der Waals surface area contributed by atoms with Gasteiger partial charge in [-0.15, -0.1) is 5.10 Å². The zero-order valence-electron chi connectivity index (χ0n) is 13.5. The molecule has 0 spiro atoms. The van der Waals surface area contributed by atoms with Crippen molar-refractivity contribution in [1.29, 1.82) is 0 Å². The second-order valence-corrected chi connectivity index (χ2v) is 5.36. The van der Waals surface area contributed by atoms with Gasteiger partial charge in [-0.1, -0.05) is 12.1 Å². The van der Waals surface area contributed by atoms with E-state index in [1.165, 1.54) is 5.56 Å². The van der Waals surface area contributed by atoms with Gasteiger partial charge in [-0.3, -0.25) is 4.98 Å². The Bertz CT molecular complexity index is 782. The van der Waals surface area contributed by atoms with Crippen LogP contribution in [0.2, 0.25) is 0 Å². The van der Waals surface area contributed by atoms with E-state index in [1.54, 1.807) is 13.3 Å². The third-order valence-electron chi connectivity index (χ3n) is 3.74. The maximum atomic E-state index is 5.07. The first-order chi connectivity index (χ1) is 11.2. The summed E-state index contributed by atoms with van der Waals surface area (Å²) in [5, 5.41) is 8.54. The van der Waals surface area contributed by atoms with Gasteiger partial charge in [0.1, 0.15) is 5.69 Å². The van der Waals surface area contributed by atoms with Gasteiger partial charge in [-0.2, -0.15) is 0 Å². The molecule has 3 aromatic heterocycles. The first kappa shape index (κ1) is 15.1. The molecule has 0 saturated heterocycles. The number of aromatic nitrogens is 5. The highest BCUT2D eigenvalue weighted by Crippen LogP contribution is 2.23. The number of methoxy groups -OCH3 is 1. The molecule has 0 amide bonds. The zero-order chi connectivity index (χ0) is 16.2. The molecular formula is C17H19N5O. The third kappa shape index (κ3) is 3.21. The van der Waals surface area contributed by atoms with Gasteiger partial charge >= 0.3 is 0 Å². The van der Waals surface area contributed by atoms with Crippen LogP contribution in [0.25, 0.3) is 11.3 Å². The van der Waals surface area contributed by atoms with Crippen LogP contribution in [0.5, 0.6) is 5.88 Å². The molecule has 0 bridgehead atoms. The van der Waals surface area contributed by atoms with Crippen LogP contribution in [0, 0.1) is 6.92 Å². The summed E-state index contributed by atoms with van der Waals surface area (Å²) in [5.74, 6) is 0.580. The average molecular weight is 309 g/mol. The van der Waals surface area contributed by atoms with Crippen molar-refractivity contribution >= 4 is 0 Å². The monoisotopic (exact) mass is 309 g/mol. The van der Waals surface area contributed by atoms with E-state index in [0.29, 0.717) is 5.88 Å².